The van der Waals surface area contributed by atoms with Crippen molar-refractivity contribution >= 4 is 60.5 Å². The summed E-state index contributed by atoms with van der Waals surface area (Å²) in [6.45, 7) is 0. The molecule has 0 aliphatic rings. The number of benzene rings is 10. The summed E-state index contributed by atoms with van der Waals surface area (Å²) >= 11 is 0. The number of furan rings is 1. The number of fused-ring (bicyclic) bond motifs is 6. The molecule has 0 saturated carbocycles. The van der Waals surface area contributed by atoms with Gasteiger partial charge in [-0.05, 0) is 103 Å². The lowest BCUT2D eigenvalue weighted by Gasteiger charge is -2.27. The number of hydrogen-bond donors (Lipinski definition) is 0. The van der Waals surface area contributed by atoms with Crippen LogP contribution >= 0.6 is 0 Å². The van der Waals surface area contributed by atoms with Crippen LogP contribution in [0.5, 0.6) is 0 Å². The average molecular weight is 740 g/mol. The fourth-order valence-electron chi connectivity index (χ4n) is 8.56. The molecule has 11 rings (SSSR count). The predicted octanol–water partition coefficient (Wildman–Crippen LogP) is 16.0. The van der Waals surface area contributed by atoms with Gasteiger partial charge >= 0.3 is 0 Å². The van der Waals surface area contributed by atoms with Crippen LogP contribution in [0.1, 0.15) is 0 Å². The zero-order valence-corrected chi connectivity index (χ0v) is 31.7. The van der Waals surface area contributed by atoms with Gasteiger partial charge in [0.2, 0.25) is 0 Å². The smallest absolute Gasteiger partial charge is 0.143 e. The topological polar surface area (TPSA) is 16.4 Å². The first-order valence-corrected chi connectivity index (χ1v) is 19.8. The van der Waals surface area contributed by atoms with Crippen LogP contribution in [0.2, 0.25) is 0 Å². The lowest BCUT2D eigenvalue weighted by molar-refractivity contribution is 0.672. The molecular formula is C56H37NO. The normalized spacial score (nSPS) is 11.4. The zero-order valence-electron chi connectivity index (χ0n) is 31.7. The lowest BCUT2D eigenvalue weighted by Crippen LogP contribution is -2.10. The molecule has 0 unspecified atom stereocenters. The first kappa shape index (κ1) is 33.6. The third-order valence-electron chi connectivity index (χ3n) is 11.5. The van der Waals surface area contributed by atoms with Crippen molar-refractivity contribution in [1.82, 2.24) is 0 Å². The Hall–Kier alpha value is -7.68. The predicted molar refractivity (Wildman–Crippen MR) is 245 cm³/mol. The quantitative estimate of drug-likeness (QED) is 0.162. The summed E-state index contributed by atoms with van der Waals surface area (Å²) < 4.78 is 6.86. The number of rotatable bonds is 7. The Morgan fingerprint density at radius 1 is 0.310 bits per heavy atom. The summed E-state index contributed by atoms with van der Waals surface area (Å²) in [6, 6.07) is 80.6. The Morgan fingerprint density at radius 2 is 0.810 bits per heavy atom. The molecule has 1 aromatic heterocycles. The summed E-state index contributed by atoms with van der Waals surface area (Å²) in [6.07, 6.45) is 0. The minimum absolute atomic E-state index is 0.857. The van der Waals surface area contributed by atoms with Gasteiger partial charge in [0.15, 0.2) is 0 Å². The molecule has 0 amide bonds. The third kappa shape index (κ3) is 5.91. The van der Waals surface area contributed by atoms with Crippen molar-refractivity contribution < 1.29 is 4.42 Å². The molecule has 0 radical (unpaired) electrons. The van der Waals surface area contributed by atoms with E-state index in [2.05, 4.69) is 229 Å². The Kier molecular flexibility index (Phi) is 8.19. The highest BCUT2D eigenvalue weighted by Gasteiger charge is 2.22. The fourth-order valence-corrected chi connectivity index (χ4v) is 8.56. The van der Waals surface area contributed by atoms with Crippen molar-refractivity contribution in [3.8, 4) is 44.5 Å². The maximum absolute atomic E-state index is 6.86. The molecule has 10 aromatic carbocycles. The van der Waals surface area contributed by atoms with Gasteiger partial charge in [-0.25, -0.2) is 0 Å². The standard InChI is InChI=1S/C56H37NO/c1-3-12-38(13-4-1)41-22-24-43(25-23-41)44-30-33-47(34-31-44)57(48-35-32-40-16-7-8-17-46(40)36-48)53-20-11-21-54-55(53)52-37-51(49-18-9-10-19-50(49)56(52)58-54)45-28-26-42(27-29-45)39-14-5-2-6-15-39/h1-37H. The first-order chi connectivity index (χ1) is 28.7. The zero-order chi connectivity index (χ0) is 38.4. The number of anilines is 3. The van der Waals surface area contributed by atoms with Gasteiger partial charge in [-0.2, -0.15) is 0 Å². The molecule has 272 valence electrons. The first-order valence-electron chi connectivity index (χ1n) is 19.8. The van der Waals surface area contributed by atoms with Crippen LogP contribution < -0.4 is 4.90 Å². The van der Waals surface area contributed by atoms with Crippen molar-refractivity contribution in [2.45, 2.75) is 0 Å². The van der Waals surface area contributed by atoms with Gasteiger partial charge in [0, 0.05) is 22.1 Å². The minimum atomic E-state index is 0.857. The van der Waals surface area contributed by atoms with Crippen molar-refractivity contribution in [2.24, 2.45) is 0 Å². The van der Waals surface area contributed by atoms with Gasteiger partial charge in [-0.15, -0.1) is 0 Å². The van der Waals surface area contributed by atoms with Crippen molar-refractivity contribution in [1.29, 1.82) is 0 Å². The molecule has 0 saturated heterocycles. The van der Waals surface area contributed by atoms with E-state index in [1.807, 2.05) is 0 Å². The molecule has 11 aromatic rings. The van der Waals surface area contributed by atoms with Gasteiger partial charge in [-0.1, -0.05) is 182 Å². The van der Waals surface area contributed by atoms with E-state index in [0.717, 1.165) is 44.4 Å². The Morgan fingerprint density at radius 3 is 1.45 bits per heavy atom. The lowest BCUT2D eigenvalue weighted by atomic mass is 9.93. The van der Waals surface area contributed by atoms with Crippen LogP contribution in [-0.2, 0) is 0 Å². The summed E-state index contributed by atoms with van der Waals surface area (Å²) in [4.78, 5) is 2.38. The molecule has 0 N–H and O–H groups in total. The van der Waals surface area contributed by atoms with E-state index < -0.39 is 0 Å². The van der Waals surface area contributed by atoms with Crippen LogP contribution in [0, 0.1) is 0 Å². The minimum Gasteiger partial charge on any atom is -0.455 e. The van der Waals surface area contributed by atoms with E-state index in [1.54, 1.807) is 0 Å². The SMILES string of the molecule is c1ccc(-c2ccc(-c3ccc(N(c4ccc5ccccc5c4)c4cccc5oc6c7ccccc7c(-c7ccc(-c8ccccc8)cc7)cc6c45)cc3)cc2)cc1. The second-order valence-corrected chi connectivity index (χ2v) is 14.9. The van der Waals surface area contributed by atoms with E-state index in [0.29, 0.717) is 0 Å². The second-order valence-electron chi connectivity index (χ2n) is 14.9. The average Bonchev–Trinajstić information content (AvgIpc) is 3.69. The number of hydrogen-bond acceptors (Lipinski definition) is 2. The van der Waals surface area contributed by atoms with Gasteiger partial charge < -0.3 is 9.32 Å². The largest absolute Gasteiger partial charge is 0.455 e. The summed E-state index contributed by atoms with van der Waals surface area (Å²) in [7, 11) is 0. The second kappa shape index (κ2) is 14.1. The molecule has 58 heavy (non-hydrogen) atoms. The molecule has 2 nitrogen and oxygen atoms in total. The van der Waals surface area contributed by atoms with Crippen molar-refractivity contribution in [3.05, 3.63) is 224 Å². The highest BCUT2D eigenvalue weighted by molar-refractivity contribution is 6.22. The van der Waals surface area contributed by atoms with E-state index in [-0.39, 0.29) is 0 Å². The van der Waals surface area contributed by atoms with Gasteiger partial charge in [-0.3, -0.25) is 0 Å². The molecule has 0 aliphatic carbocycles. The van der Waals surface area contributed by atoms with Crippen molar-refractivity contribution in [3.63, 3.8) is 0 Å². The third-order valence-corrected chi connectivity index (χ3v) is 11.5. The van der Waals surface area contributed by atoms with E-state index in [4.69, 9.17) is 4.42 Å². The van der Waals surface area contributed by atoms with Crippen LogP contribution in [0.15, 0.2) is 229 Å². The van der Waals surface area contributed by atoms with Gasteiger partial charge in [0.1, 0.15) is 11.2 Å². The molecule has 1 heterocycles. The Bertz CT molecular complexity index is 3240. The highest BCUT2D eigenvalue weighted by atomic mass is 16.3. The van der Waals surface area contributed by atoms with Crippen LogP contribution in [0.3, 0.4) is 0 Å². The molecule has 0 aliphatic heterocycles. The summed E-state index contributed by atoms with van der Waals surface area (Å²) in [5.74, 6) is 0. The number of nitrogens with zero attached hydrogens (tertiary/aromatic N) is 1. The van der Waals surface area contributed by atoms with Gasteiger partial charge in [0.25, 0.3) is 0 Å². The maximum Gasteiger partial charge on any atom is 0.143 e. The van der Waals surface area contributed by atoms with E-state index >= 15 is 0 Å². The molecular weight excluding hydrogens is 703 g/mol. The summed E-state index contributed by atoms with van der Waals surface area (Å²) in [5.41, 5.74) is 14.5. The molecule has 0 atom stereocenters. The van der Waals surface area contributed by atoms with Crippen LogP contribution in [0.25, 0.3) is 88.0 Å². The summed E-state index contributed by atoms with van der Waals surface area (Å²) in [5, 5.41) is 6.84. The maximum atomic E-state index is 6.86. The molecule has 2 heteroatoms. The highest BCUT2D eigenvalue weighted by Crippen LogP contribution is 2.47. The Balaban J connectivity index is 1.08. The van der Waals surface area contributed by atoms with E-state index in [1.165, 1.54) is 60.7 Å². The van der Waals surface area contributed by atoms with Crippen LogP contribution in [0.4, 0.5) is 17.1 Å². The molecule has 0 bridgehead atoms. The van der Waals surface area contributed by atoms with Crippen molar-refractivity contribution in [2.75, 3.05) is 4.90 Å². The monoisotopic (exact) mass is 739 g/mol. The molecule has 0 spiro atoms. The van der Waals surface area contributed by atoms with E-state index in [9.17, 15) is 0 Å². The Labute approximate surface area is 337 Å². The van der Waals surface area contributed by atoms with Crippen LogP contribution in [-0.4, -0.2) is 0 Å². The fraction of sp³-hybridized carbons (Fsp3) is 0. The molecule has 0 fully saturated rings. The van der Waals surface area contributed by atoms with Gasteiger partial charge in [0.05, 0.1) is 11.1 Å².